The van der Waals surface area contributed by atoms with E-state index in [4.69, 9.17) is 5.84 Å². The zero-order valence-electron chi connectivity index (χ0n) is 11.9. The SMILES string of the molecule is CCc1ccccc1C(Cc1cc(C)nn1C)NN. The van der Waals surface area contributed by atoms with Crippen molar-refractivity contribution in [2.45, 2.75) is 32.7 Å². The molecular formula is C15H22N4. The highest BCUT2D eigenvalue weighted by Crippen LogP contribution is 2.22. The second-order valence-corrected chi connectivity index (χ2v) is 4.88. The minimum atomic E-state index is 0.117. The monoisotopic (exact) mass is 258 g/mol. The number of hydrogen-bond acceptors (Lipinski definition) is 3. The second kappa shape index (κ2) is 5.99. The third-order valence-corrected chi connectivity index (χ3v) is 3.52. The first-order valence-electron chi connectivity index (χ1n) is 6.69. The molecule has 0 saturated heterocycles. The summed E-state index contributed by atoms with van der Waals surface area (Å²) in [6.45, 7) is 4.18. The molecule has 0 bridgehead atoms. The molecule has 1 aromatic heterocycles. The maximum absolute atomic E-state index is 5.75. The number of nitrogens with two attached hydrogens (primary N) is 1. The molecule has 0 aliphatic heterocycles. The van der Waals surface area contributed by atoms with Crippen LogP contribution in [0.2, 0.25) is 0 Å². The molecule has 0 saturated carbocycles. The summed E-state index contributed by atoms with van der Waals surface area (Å²) < 4.78 is 1.92. The Morgan fingerprint density at radius 3 is 2.68 bits per heavy atom. The molecule has 3 N–H and O–H groups in total. The van der Waals surface area contributed by atoms with Gasteiger partial charge in [0.2, 0.25) is 0 Å². The Balaban J connectivity index is 2.27. The van der Waals surface area contributed by atoms with Gasteiger partial charge in [0.05, 0.1) is 11.7 Å². The van der Waals surface area contributed by atoms with Gasteiger partial charge in [-0.25, -0.2) is 0 Å². The van der Waals surface area contributed by atoms with Crippen LogP contribution in [0, 0.1) is 6.92 Å². The van der Waals surface area contributed by atoms with Gasteiger partial charge in [-0.2, -0.15) is 5.10 Å². The molecule has 0 spiro atoms. The quantitative estimate of drug-likeness (QED) is 0.637. The molecule has 1 heterocycles. The van der Waals surface area contributed by atoms with Crippen LogP contribution in [0.4, 0.5) is 0 Å². The third kappa shape index (κ3) is 3.03. The van der Waals surface area contributed by atoms with Crippen LogP contribution >= 0.6 is 0 Å². The van der Waals surface area contributed by atoms with E-state index in [1.807, 2.05) is 18.7 Å². The largest absolute Gasteiger partial charge is 0.272 e. The third-order valence-electron chi connectivity index (χ3n) is 3.52. The Kier molecular flexibility index (Phi) is 4.35. The summed E-state index contributed by atoms with van der Waals surface area (Å²) in [5.74, 6) is 5.75. The van der Waals surface area contributed by atoms with Gasteiger partial charge < -0.3 is 0 Å². The lowest BCUT2D eigenvalue weighted by atomic mass is 9.96. The number of benzene rings is 1. The topological polar surface area (TPSA) is 55.9 Å². The Morgan fingerprint density at radius 2 is 2.11 bits per heavy atom. The van der Waals surface area contributed by atoms with E-state index < -0.39 is 0 Å². The van der Waals surface area contributed by atoms with E-state index in [9.17, 15) is 0 Å². The first-order chi connectivity index (χ1) is 9.15. The molecule has 0 amide bonds. The van der Waals surface area contributed by atoms with Crippen molar-refractivity contribution in [1.29, 1.82) is 0 Å². The second-order valence-electron chi connectivity index (χ2n) is 4.88. The van der Waals surface area contributed by atoms with Crippen LogP contribution in [0.15, 0.2) is 30.3 Å². The molecule has 102 valence electrons. The Labute approximate surface area is 114 Å². The maximum Gasteiger partial charge on any atom is 0.0596 e. The van der Waals surface area contributed by atoms with E-state index in [1.54, 1.807) is 0 Å². The number of aromatic nitrogens is 2. The van der Waals surface area contributed by atoms with Crippen molar-refractivity contribution in [3.05, 3.63) is 52.8 Å². The van der Waals surface area contributed by atoms with Gasteiger partial charge in [0.15, 0.2) is 0 Å². The first kappa shape index (κ1) is 13.8. The molecule has 0 fully saturated rings. The summed E-state index contributed by atoms with van der Waals surface area (Å²) in [5.41, 5.74) is 7.77. The molecule has 4 nitrogen and oxygen atoms in total. The van der Waals surface area contributed by atoms with Gasteiger partial charge in [0.25, 0.3) is 0 Å². The zero-order chi connectivity index (χ0) is 13.8. The van der Waals surface area contributed by atoms with Gasteiger partial charge in [-0.1, -0.05) is 31.2 Å². The highest BCUT2D eigenvalue weighted by Gasteiger charge is 2.15. The van der Waals surface area contributed by atoms with Crippen molar-refractivity contribution in [2.24, 2.45) is 12.9 Å². The molecule has 2 rings (SSSR count). The van der Waals surface area contributed by atoms with Crippen LogP contribution in [0.1, 0.15) is 35.5 Å². The van der Waals surface area contributed by atoms with Gasteiger partial charge in [0, 0.05) is 19.2 Å². The Bertz CT molecular complexity index is 545. The number of nitrogens with one attached hydrogen (secondary N) is 1. The average Bonchev–Trinajstić information content (AvgIpc) is 2.74. The van der Waals surface area contributed by atoms with Crippen molar-refractivity contribution in [3.63, 3.8) is 0 Å². The lowest BCUT2D eigenvalue weighted by Gasteiger charge is -2.19. The van der Waals surface area contributed by atoms with Crippen molar-refractivity contribution < 1.29 is 0 Å². The van der Waals surface area contributed by atoms with E-state index in [2.05, 4.69) is 47.8 Å². The summed E-state index contributed by atoms with van der Waals surface area (Å²) in [5, 5.41) is 4.38. The number of nitrogens with zero attached hydrogens (tertiary/aromatic N) is 2. The maximum atomic E-state index is 5.75. The Hall–Kier alpha value is -1.65. The van der Waals surface area contributed by atoms with Crippen LogP contribution in [0.3, 0.4) is 0 Å². The number of hydrogen-bond donors (Lipinski definition) is 2. The number of rotatable bonds is 5. The van der Waals surface area contributed by atoms with Gasteiger partial charge in [0.1, 0.15) is 0 Å². The first-order valence-corrected chi connectivity index (χ1v) is 6.69. The van der Waals surface area contributed by atoms with Gasteiger partial charge in [-0.15, -0.1) is 0 Å². The number of hydrazine groups is 1. The molecule has 2 aromatic rings. The molecule has 1 aromatic carbocycles. The van der Waals surface area contributed by atoms with Crippen molar-refractivity contribution in [1.82, 2.24) is 15.2 Å². The van der Waals surface area contributed by atoms with Crippen molar-refractivity contribution in [2.75, 3.05) is 0 Å². The summed E-state index contributed by atoms with van der Waals surface area (Å²) >= 11 is 0. The number of aryl methyl sites for hydroxylation is 3. The fourth-order valence-electron chi connectivity index (χ4n) is 2.52. The predicted molar refractivity (Wildman–Crippen MR) is 77.5 cm³/mol. The Morgan fingerprint density at radius 1 is 1.37 bits per heavy atom. The molecule has 19 heavy (non-hydrogen) atoms. The van der Waals surface area contributed by atoms with Crippen LogP contribution in [0.5, 0.6) is 0 Å². The molecular weight excluding hydrogens is 236 g/mol. The van der Waals surface area contributed by atoms with Gasteiger partial charge >= 0.3 is 0 Å². The average molecular weight is 258 g/mol. The summed E-state index contributed by atoms with van der Waals surface area (Å²) in [4.78, 5) is 0. The van der Waals surface area contributed by atoms with Crippen molar-refractivity contribution in [3.8, 4) is 0 Å². The minimum absolute atomic E-state index is 0.117. The lowest BCUT2D eigenvalue weighted by Crippen LogP contribution is -2.30. The molecule has 0 aliphatic carbocycles. The molecule has 4 heteroatoms. The van der Waals surface area contributed by atoms with E-state index in [1.165, 1.54) is 16.8 Å². The van der Waals surface area contributed by atoms with Gasteiger partial charge in [-0.3, -0.25) is 16.0 Å². The molecule has 1 atom stereocenters. The predicted octanol–water partition coefficient (Wildman–Crippen LogP) is 2.04. The van der Waals surface area contributed by atoms with E-state index in [-0.39, 0.29) is 6.04 Å². The van der Waals surface area contributed by atoms with Crippen LogP contribution in [0.25, 0.3) is 0 Å². The zero-order valence-corrected chi connectivity index (χ0v) is 11.9. The van der Waals surface area contributed by atoms with Crippen molar-refractivity contribution >= 4 is 0 Å². The van der Waals surface area contributed by atoms with Gasteiger partial charge in [-0.05, 0) is 30.5 Å². The lowest BCUT2D eigenvalue weighted by molar-refractivity contribution is 0.526. The highest BCUT2D eigenvalue weighted by atomic mass is 15.3. The fraction of sp³-hybridized carbons (Fsp3) is 0.400. The molecule has 0 radical (unpaired) electrons. The fourth-order valence-corrected chi connectivity index (χ4v) is 2.52. The van der Waals surface area contributed by atoms with E-state index in [0.29, 0.717) is 0 Å². The smallest absolute Gasteiger partial charge is 0.0596 e. The van der Waals surface area contributed by atoms with E-state index >= 15 is 0 Å². The molecule has 1 unspecified atom stereocenters. The highest BCUT2D eigenvalue weighted by molar-refractivity contribution is 5.31. The normalized spacial score (nSPS) is 12.6. The summed E-state index contributed by atoms with van der Waals surface area (Å²) in [6.07, 6.45) is 1.85. The summed E-state index contributed by atoms with van der Waals surface area (Å²) in [6, 6.07) is 10.7. The van der Waals surface area contributed by atoms with Crippen LogP contribution in [-0.2, 0) is 19.9 Å². The van der Waals surface area contributed by atoms with Crippen LogP contribution in [-0.4, -0.2) is 9.78 Å². The molecule has 0 aliphatic rings. The van der Waals surface area contributed by atoms with E-state index in [0.717, 1.165) is 18.5 Å². The minimum Gasteiger partial charge on any atom is -0.272 e. The standard InChI is InChI=1S/C15H22N4/c1-4-12-7-5-6-8-14(12)15(17-16)10-13-9-11(2)18-19(13)3/h5-9,15,17H,4,10,16H2,1-3H3. The summed E-state index contributed by atoms with van der Waals surface area (Å²) in [7, 11) is 1.97. The van der Waals surface area contributed by atoms with Crippen LogP contribution < -0.4 is 11.3 Å².